The van der Waals surface area contributed by atoms with Gasteiger partial charge in [-0.3, -0.25) is 9.59 Å². The summed E-state index contributed by atoms with van der Waals surface area (Å²) < 4.78 is 5.03. The highest BCUT2D eigenvalue weighted by atomic mass is 16.5. The third-order valence-corrected chi connectivity index (χ3v) is 2.75. The van der Waals surface area contributed by atoms with Gasteiger partial charge in [0.2, 0.25) is 11.7 Å². The van der Waals surface area contributed by atoms with Crippen molar-refractivity contribution in [1.29, 1.82) is 0 Å². The van der Waals surface area contributed by atoms with Crippen molar-refractivity contribution in [3.63, 3.8) is 0 Å². The van der Waals surface area contributed by atoms with E-state index in [1.165, 1.54) is 13.2 Å². The van der Waals surface area contributed by atoms with E-state index in [0.717, 1.165) is 0 Å². The molecule has 0 spiro atoms. The zero-order valence-electron chi connectivity index (χ0n) is 10.6. The fraction of sp³-hybridized carbons (Fsp3) is 0.0909. The van der Waals surface area contributed by atoms with E-state index in [0.29, 0.717) is 11.4 Å². The van der Waals surface area contributed by atoms with Crippen molar-refractivity contribution in [2.24, 2.45) is 0 Å². The first-order valence-electron chi connectivity index (χ1n) is 5.69. The van der Waals surface area contributed by atoms with Gasteiger partial charge in [-0.05, 0) is 11.3 Å². The summed E-state index contributed by atoms with van der Waals surface area (Å²) in [5.41, 5.74) is -1.42. The number of aromatic nitrogens is 5. The molecule has 1 aromatic carbocycles. The molecule has 0 radical (unpaired) electrons. The molecule has 0 unspecified atom stereocenters. The Hall–Kier alpha value is -3.30. The van der Waals surface area contributed by atoms with E-state index < -0.39 is 16.6 Å². The van der Waals surface area contributed by atoms with Crippen molar-refractivity contribution in [3.05, 3.63) is 32.6 Å². The number of anilines is 2. The highest BCUT2D eigenvalue weighted by Crippen LogP contribution is 2.26. The normalized spacial score (nSPS) is 10.7. The van der Waals surface area contributed by atoms with Gasteiger partial charge >= 0.3 is 0 Å². The smallest absolute Gasteiger partial charge is 0.271 e. The van der Waals surface area contributed by atoms with Gasteiger partial charge < -0.3 is 15.2 Å². The fourth-order valence-corrected chi connectivity index (χ4v) is 1.71. The molecular weight excluding hydrogens is 280 g/mol. The summed E-state index contributed by atoms with van der Waals surface area (Å²) in [7, 11) is 1.42. The van der Waals surface area contributed by atoms with Crippen molar-refractivity contribution in [3.8, 4) is 23.0 Å². The van der Waals surface area contributed by atoms with Gasteiger partial charge in [0.1, 0.15) is 11.5 Å². The summed E-state index contributed by atoms with van der Waals surface area (Å²) in [4.78, 5) is 26.3. The van der Waals surface area contributed by atoms with Gasteiger partial charge in [0.15, 0.2) is 5.75 Å². The lowest BCUT2D eigenvalue weighted by Crippen LogP contribution is -2.32. The van der Waals surface area contributed by atoms with Gasteiger partial charge in [-0.25, -0.2) is 0 Å². The van der Waals surface area contributed by atoms with E-state index in [2.05, 4.69) is 30.9 Å². The molecule has 2 heterocycles. The molecule has 3 N–H and O–H groups in total. The first-order chi connectivity index (χ1) is 10.1. The number of H-pyrrole nitrogens is 1. The van der Waals surface area contributed by atoms with Crippen LogP contribution >= 0.6 is 0 Å². The van der Waals surface area contributed by atoms with E-state index in [1.807, 2.05) is 0 Å². The van der Waals surface area contributed by atoms with Crippen molar-refractivity contribution in [2.75, 3.05) is 12.4 Å². The Morgan fingerprint density at radius 2 is 2.10 bits per heavy atom. The van der Waals surface area contributed by atoms with Crippen LogP contribution in [-0.2, 0) is 0 Å². The molecule has 0 aliphatic heterocycles. The minimum Gasteiger partial charge on any atom is -0.502 e. The number of rotatable bonds is 4. The van der Waals surface area contributed by atoms with Crippen LogP contribution in [0.3, 0.4) is 0 Å². The Balaban J connectivity index is 2.01. The zero-order chi connectivity index (χ0) is 15.0. The number of hydrogen-bond donors (Lipinski definition) is 3. The molecule has 0 saturated heterocycles. The molecule has 106 valence electrons. The summed E-state index contributed by atoms with van der Waals surface area (Å²) in [6.45, 7) is 0. The van der Waals surface area contributed by atoms with Gasteiger partial charge in [-0.2, -0.15) is 10.2 Å². The van der Waals surface area contributed by atoms with Gasteiger partial charge in [-0.15, -0.1) is 10.2 Å². The highest BCUT2D eigenvalue weighted by Gasteiger charge is 2.21. The number of pyridine rings is 1. The summed E-state index contributed by atoms with van der Waals surface area (Å²) in [6, 6.07) is 3.09. The minimum atomic E-state index is -0.932. The van der Waals surface area contributed by atoms with E-state index in [1.54, 1.807) is 6.07 Å². The molecule has 0 saturated carbocycles. The second-order valence-corrected chi connectivity index (χ2v) is 4.03. The van der Waals surface area contributed by atoms with Crippen LogP contribution in [0.25, 0.3) is 11.4 Å². The van der Waals surface area contributed by atoms with Crippen LogP contribution in [0.15, 0.2) is 21.7 Å². The van der Waals surface area contributed by atoms with Gasteiger partial charge in [0.25, 0.3) is 10.9 Å². The lowest BCUT2D eigenvalue weighted by molar-refractivity contribution is 0.398. The first-order valence-corrected chi connectivity index (χ1v) is 5.69. The highest BCUT2D eigenvalue weighted by molar-refractivity contribution is 5.70. The number of nitrogens with zero attached hydrogens (tertiary/aromatic N) is 4. The van der Waals surface area contributed by atoms with Gasteiger partial charge in [-0.1, -0.05) is 0 Å². The molecule has 10 nitrogen and oxygen atoms in total. The van der Waals surface area contributed by atoms with E-state index in [9.17, 15) is 14.7 Å². The predicted octanol–water partition coefficient (Wildman–Crippen LogP) is -0.685. The number of aromatic amines is 1. The number of aromatic hydroxyl groups is 1. The van der Waals surface area contributed by atoms with E-state index in [4.69, 9.17) is 4.74 Å². The first kappa shape index (κ1) is 12.7. The Morgan fingerprint density at radius 1 is 1.29 bits per heavy atom. The van der Waals surface area contributed by atoms with E-state index >= 15 is 0 Å². The van der Waals surface area contributed by atoms with Crippen molar-refractivity contribution >= 4 is 11.5 Å². The second kappa shape index (κ2) is 4.67. The number of hydrogen-bond acceptors (Lipinski definition) is 9. The third kappa shape index (κ3) is 2.08. The summed E-state index contributed by atoms with van der Waals surface area (Å²) >= 11 is 0. The van der Waals surface area contributed by atoms with Crippen molar-refractivity contribution in [2.45, 2.75) is 0 Å². The Morgan fingerprint density at radius 3 is 2.71 bits per heavy atom. The molecule has 0 bridgehead atoms. The number of nitrogens with one attached hydrogen (secondary N) is 2. The largest absolute Gasteiger partial charge is 0.502 e. The average molecular weight is 288 g/mol. The Labute approximate surface area is 116 Å². The molecule has 3 rings (SSSR count). The quantitative estimate of drug-likeness (QED) is 0.531. The maximum absolute atomic E-state index is 11.3. The SMILES string of the molecule is COc1cc(-c2nn[nH]n2)cc(Nc2c(O)c(=O)c2=O)n1. The molecule has 10 heteroatoms. The van der Waals surface area contributed by atoms with Crippen LogP contribution < -0.4 is 20.9 Å². The van der Waals surface area contributed by atoms with E-state index in [-0.39, 0.29) is 17.4 Å². The minimum absolute atomic E-state index is 0.191. The van der Waals surface area contributed by atoms with Crippen LogP contribution in [0.2, 0.25) is 0 Å². The summed E-state index contributed by atoms with van der Waals surface area (Å²) in [6.07, 6.45) is 0. The van der Waals surface area contributed by atoms with Crippen LogP contribution in [0.5, 0.6) is 11.6 Å². The molecule has 3 aromatic rings. The van der Waals surface area contributed by atoms with Crippen molar-refractivity contribution < 1.29 is 9.84 Å². The third-order valence-electron chi connectivity index (χ3n) is 2.75. The molecule has 0 amide bonds. The molecule has 2 aromatic heterocycles. The molecule has 0 atom stereocenters. The van der Waals surface area contributed by atoms with Crippen molar-refractivity contribution in [1.82, 2.24) is 25.6 Å². The van der Waals surface area contributed by atoms with Crippen LogP contribution in [0.1, 0.15) is 0 Å². The lowest BCUT2D eigenvalue weighted by atomic mass is 10.2. The topological polar surface area (TPSA) is 143 Å². The monoisotopic (exact) mass is 288 g/mol. The number of ether oxygens (including phenoxy) is 1. The zero-order valence-corrected chi connectivity index (χ0v) is 10.6. The molecule has 0 fully saturated rings. The number of methoxy groups -OCH3 is 1. The Kier molecular flexibility index (Phi) is 2.83. The fourth-order valence-electron chi connectivity index (χ4n) is 1.71. The molecule has 0 aliphatic carbocycles. The van der Waals surface area contributed by atoms with Gasteiger partial charge in [0, 0.05) is 11.6 Å². The molecular formula is C11H8N6O4. The van der Waals surface area contributed by atoms with Crippen LogP contribution in [-0.4, -0.2) is 37.8 Å². The summed E-state index contributed by atoms with van der Waals surface area (Å²) in [5.74, 6) is 0.105. The van der Waals surface area contributed by atoms with Crippen LogP contribution in [0.4, 0.5) is 11.5 Å². The lowest BCUT2D eigenvalue weighted by Gasteiger charge is -2.10. The molecule has 21 heavy (non-hydrogen) atoms. The second-order valence-electron chi connectivity index (χ2n) is 4.03. The molecule has 0 aliphatic rings. The average Bonchev–Trinajstić information content (AvgIpc) is 3.05. The summed E-state index contributed by atoms with van der Waals surface area (Å²) in [5, 5.41) is 25.3. The van der Waals surface area contributed by atoms with Gasteiger partial charge in [0.05, 0.1) is 7.11 Å². The van der Waals surface area contributed by atoms with Crippen LogP contribution in [0, 0.1) is 0 Å². The maximum Gasteiger partial charge on any atom is 0.271 e. The predicted molar refractivity (Wildman–Crippen MR) is 70.3 cm³/mol. The maximum atomic E-state index is 11.3. The Bertz CT molecular complexity index is 866. The number of tetrazole rings is 1. The standard InChI is InChI=1S/C11H8N6O4/c1-21-6-3-4(11-14-16-17-15-11)2-5(12-6)13-7-8(18)10(20)9(7)19/h2-3,18H,1H3,(H,12,13)(H,14,15,16,17).